The molecule has 2 saturated heterocycles. The number of hydrogen-bond acceptors (Lipinski definition) is 12. The number of pyridine rings is 1. The van der Waals surface area contributed by atoms with E-state index in [1.54, 1.807) is 23.1 Å². The van der Waals surface area contributed by atoms with E-state index in [2.05, 4.69) is 60.8 Å². The van der Waals surface area contributed by atoms with Gasteiger partial charge in [0.2, 0.25) is 0 Å². The molecule has 0 unspecified atom stereocenters. The van der Waals surface area contributed by atoms with Crippen molar-refractivity contribution < 1.29 is 22.9 Å². The summed E-state index contributed by atoms with van der Waals surface area (Å²) in [5, 5.41) is 21.6. The number of carbonyl (C=O) groups is 1. The zero-order valence-corrected chi connectivity index (χ0v) is 38.6. The Kier molecular flexibility index (Phi) is 11.8. The fourth-order valence-electron chi connectivity index (χ4n) is 9.67. The summed E-state index contributed by atoms with van der Waals surface area (Å²) in [7, 11) is -4.59. The normalized spacial score (nSPS) is 19.7. The largest absolute Gasteiger partial charge is 0.377 e. The first-order chi connectivity index (χ1) is 31.8. The van der Waals surface area contributed by atoms with Crippen molar-refractivity contribution in [2.45, 2.75) is 63.0 Å². The SMILES string of the molecule is CC1(C)CCC(CN2CCN(c3ccc(C(=O)NS(=O)(=O)c4ccc(NC[C@H]5CN(C6CC6)CCO5)c([N+](=O)[O-])c4)c(-n4ncc5nc6[nH]ccc6cc54)c3)CC2)=C(c2ccc(Cl)cc2)C1. The number of rotatable bonds is 13. The maximum absolute atomic E-state index is 14.3. The van der Waals surface area contributed by atoms with E-state index in [1.165, 1.54) is 41.7 Å². The Morgan fingerprint density at radius 2 is 1.82 bits per heavy atom. The third-order valence-electron chi connectivity index (χ3n) is 13.5. The third-order valence-corrected chi connectivity index (χ3v) is 15.1. The molecule has 1 atom stereocenters. The van der Waals surface area contributed by atoms with Gasteiger partial charge in [-0.05, 0) is 103 Å². The number of nitrogens with one attached hydrogen (secondary N) is 3. The lowest BCUT2D eigenvalue weighted by Gasteiger charge is -2.39. The number of aromatic amines is 1. The van der Waals surface area contributed by atoms with Crippen LogP contribution in [0.1, 0.15) is 61.9 Å². The van der Waals surface area contributed by atoms with E-state index in [1.807, 2.05) is 36.4 Å². The van der Waals surface area contributed by atoms with Crippen LogP contribution in [-0.2, 0) is 14.8 Å². The second-order valence-corrected chi connectivity index (χ2v) is 20.8. The summed E-state index contributed by atoms with van der Waals surface area (Å²) in [6.07, 6.45) is 8.77. The Hall–Kier alpha value is -5.85. The van der Waals surface area contributed by atoms with Crippen molar-refractivity contribution in [3.8, 4) is 5.69 Å². The molecule has 0 radical (unpaired) electrons. The number of sulfonamides is 1. The molecular weight excluding hydrogens is 880 g/mol. The number of aromatic nitrogens is 4. The quantitative estimate of drug-likeness (QED) is 0.0761. The van der Waals surface area contributed by atoms with Crippen molar-refractivity contribution in [3.05, 3.63) is 117 Å². The monoisotopic (exact) mass is 932 g/mol. The Bertz CT molecular complexity index is 2970. The second kappa shape index (κ2) is 17.8. The van der Waals surface area contributed by atoms with Gasteiger partial charge in [0.25, 0.3) is 21.6 Å². The molecule has 3 aromatic heterocycles. The van der Waals surface area contributed by atoms with Crippen molar-refractivity contribution in [2.75, 3.05) is 69.2 Å². The number of carbonyl (C=O) groups excluding carboxylic acids is 1. The molecule has 18 heteroatoms. The number of fused-ring (bicyclic) bond motifs is 2. The first-order valence-corrected chi connectivity index (χ1v) is 24.5. The summed E-state index contributed by atoms with van der Waals surface area (Å²) in [6.45, 7) is 11.2. The molecule has 2 aliphatic carbocycles. The minimum Gasteiger partial charge on any atom is -0.377 e. The van der Waals surface area contributed by atoms with Gasteiger partial charge >= 0.3 is 0 Å². The van der Waals surface area contributed by atoms with Crippen molar-refractivity contribution in [1.29, 1.82) is 0 Å². The highest BCUT2D eigenvalue weighted by atomic mass is 35.5. The number of allylic oxidation sites excluding steroid dienone is 1. The number of morpholine rings is 1. The van der Waals surface area contributed by atoms with E-state index in [4.69, 9.17) is 21.3 Å². The molecule has 344 valence electrons. The Morgan fingerprint density at radius 1 is 1.02 bits per heavy atom. The number of nitro groups is 1. The molecule has 3 fully saturated rings. The molecule has 5 heterocycles. The molecule has 3 aromatic carbocycles. The number of halogens is 1. The molecule has 2 aliphatic heterocycles. The van der Waals surface area contributed by atoms with Gasteiger partial charge in [-0.25, -0.2) is 22.8 Å². The minimum atomic E-state index is -4.59. The fraction of sp³-hybridized carbons (Fsp3) is 0.396. The van der Waals surface area contributed by atoms with E-state index in [0.717, 1.165) is 87.2 Å². The van der Waals surface area contributed by atoms with Crippen LogP contribution in [0.3, 0.4) is 0 Å². The minimum absolute atomic E-state index is 0.0440. The predicted molar refractivity (Wildman–Crippen MR) is 256 cm³/mol. The van der Waals surface area contributed by atoms with E-state index in [0.29, 0.717) is 41.6 Å². The predicted octanol–water partition coefficient (Wildman–Crippen LogP) is 7.64. The van der Waals surface area contributed by atoms with Crippen LogP contribution in [0.2, 0.25) is 5.02 Å². The number of H-pyrrole nitrogens is 1. The first-order valence-electron chi connectivity index (χ1n) is 22.6. The lowest BCUT2D eigenvalue weighted by molar-refractivity contribution is -0.384. The van der Waals surface area contributed by atoms with Crippen LogP contribution in [0, 0.1) is 15.5 Å². The van der Waals surface area contributed by atoms with Crippen LogP contribution in [-0.4, -0.2) is 120 Å². The van der Waals surface area contributed by atoms with Gasteiger partial charge in [-0.15, -0.1) is 0 Å². The highest BCUT2D eigenvalue weighted by Gasteiger charge is 2.34. The summed E-state index contributed by atoms with van der Waals surface area (Å²) in [4.78, 5) is 40.5. The molecule has 66 heavy (non-hydrogen) atoms. The zero-order valence-electron chi connectivity index (χ0n) is 37.0. The van der Waals surface area contributed by atoms with Gasteiger partial charge in [0.1, 0.15) is 16.9 Å². The first kappa shape index (κ1) is 44.0. The van der Waals surface area contributed by atoms with Gasteiger partial charge in [-0.2, -0.15) is 5.10 Å². The standard InChI is InChI=1S/C48H53ClN10O6S/c1-48(2)15-13-33(40(26-48)31-3-5-34(49)6-4-31)29-55-17-19-56(20-18-55)36-9-11-39(43(24-36)58-44-23-32-14-16-50-46(32)53-42(44)28-52-58)47(60)54-66(63,64)38-10-12-41(45(25-38)59(61)62)51-27-37-30-57(21-22-65-37)35-7-8-35/h3-6,9-12,14,16,23-25,28,35,37,51H,7-8,13,15,17-22,26-27,29-30H2,1-2H3,(H,50,53)(H,54,60)/t37-/m0/s1. The Balaban J connectivity index is 0.894. The average molecular weight is 934 g/mol. The van der Waals surface area contributed by atoms with E-state index < -0.39 is 31.4 Å². The molecule has 1 amide bonds. The third kappa shape index (κ3) is 9.27. The Morgan fingerprint density at radius 3 is 2.59 bits per heavy atom. The maximum Gasteiger partial charge on any atom is 0.293 e. The highest BCUT2D eigenvalue weighted by molar-refractivity contribution is 7.90. The fourth-order valence-corrected chi connectivity index (χ4v) is 10.8. The molecule has 0 bridgehead atoms. The molecule has 10 rings (SSSR count). The zero-order chi connectivity index (χ0) is 45.7. The van der Waals surface area contributed by atoms with E-state index in [-0.39, 0.29) is 22.8 Å². The molecule has 6 aromatic rings. The van der Waals surface area contributed by atoms with E-state index in [9.17, 15) is 23.3 Å². The summed E-state index contributed by atoms with van der Waals surface area (Å²) in [6, 6.07) is 21.5. The van der Waals surface area contributed by atoms with Crippen LogP contribution < -0.4 is 14.9 Å². The summed E-state index contributed by atoms with van der Waals surface area (Å²) >= 11 is 6.26. The highest BCUT2D eigenvalue weighted by Crippen LogP contribution is 2.43. The average Bonchev–Trinajstić information content (AvgIpc) is 3.93. The lowest BCUT2D eigenvalue weighted by Crippen LogP contribution is -2.47. The molecule has 16 nitrogen and oxygen atoms in total. The number of nitro benzene ring substituents is 1. The van der Waals surface area contributed by atoms with Crippen LogP contribution in [0.15, 0.2) is 95.7 Å². The second-order valence-electron chi connectivity index (χ2n) is 18.7. The number of anilines is 2. The van der Waals surface area contributed by atoms with Crippen molar-refractivity contribution in [3.63, 3.8) is 0 Å². The number of piperazine rings is 1. The smallest absolute Gasteiger partial charge is 0.293 e. The van der Waals surface area contributed by atoms with Crippen LogP contribution >= 0.6 is 11.6 Å². The van der Waals surface area contributed by atoms with Crippen LogP contribution in [0.25, 0.3) is 33.3 Å². The molecular formula is C48H53ClN10O6S. The van der Waals surface area contributed by atoms with Crippen LogP contribution in [0.5, 0.6) is 0 Å². The van der Waals surface area contributed by atoms with Gasteiger partial charge < -0.3 is 19.9 Å². The number of ether oxygens (including phenoxy) is 1. The van der Waals surface area contributed by atoms with Crippen molar-refractivity contribution in [1.82, 2.24) is 34.3 Å². The van der Waals surface area contributed by atoms with E-state index >= 15 is 0 Å². The Labute approximate surface area is 388 Å². The lowest BCUT2D eigenvalue weighted by atomic mass is 9.72. The van der Waals surface area contributed by atoms with Gasteiger partial charge in [0.05, 0.1) is 45.5 Å². The molecule has 3 N–H and O–H groups in total. The number of amides is 1. The number of nitrogens with zero attached hydrogens (tertiary/aromatic N) is 7. The summed E-state index contributed by atoms with van der Waals surface area (Å²) < 4.78 is 37.5. The van der Waals surface area contributed by atoms with Gasteiger partial charge in [0.15, 0.2) is 0 Å². The van der Waals surface area contributed by atoms with Crippen molar-refractivity contribution >= 4 is 72.2 Å². The number of hydrogen-bond donors (Lipinski definition) is 3. The van der Waals surface area contributed by atoms with Gasteiger partial charge in [-0.1, -0.05) is 43.2 Å². The molecule has 1 saturated carbocycles. The van der Waals surface area contributed by atoms with Crippen LogP contribution in [0.4, 0.5) is 17.1 Å². The summed E-state index contributed by atoms with van der Waals surface area (Å²) in [5.41, 5.74) is 7.20. The number of benzene rings is 3. The maximum atomic E-state index is 14.3. The molecule has 0 spiro atoms. The van der Waals surface area contributed by atoms with Gasteiger partial charge in [-0.3, -0.25) is 24.7 Å². The topological polar surface area (TPSA) is 184 Å². The van der Waals surface area contributed by atoms with Crippen molar-refractivity contribution in [2.24, 2.45) is 5.41 Å². The van der Waals surface area contributed by atoms with Gasteiger partial charge in [0, 0.05) is 86.8 Å². The molecule has 4 aliphatic rings. The summed E-state index contributed by atoms with van der Waals surface area (Å²) in [5.74, 6) is -0.916.